The van der Waals surface area contributed by atoms with Crippen molar-refractivity contribution >= 4 is 40.7 Å². The van der Waals surface area contributed by atoms with Gasteiger partial charge in [-0.05, 0) is 56.0 Å². The molecule has 176 valence electrons. The van der Waals surface area contributed by atoms with E-state index in [-0.39, 0.29) is 11.8 Å². The Labute approximate surface area is 208 Å². The zero-order chi connectivity index (χ0) is 23.7. The minimum absolute atomic E-state index is 0.212. The van der Waals surface area contributed by atoms with Gasteiger partial charge < -0.3 is 14.8 Å². The van der Waals surface area contributed by atoms with E-state index in [4.69, 9.17) is 23.2 Å². The van der Waals surface area contributed by atoms with Gasteiger partial charge in [0.1, 0.15) is 11.9 Å². The average Bonchev–Trinajstić information content (AvgIpc) is 3.40. The Morgan fingerprint density at radius 2 is 1.76 bits per heavy atom. The number of anilines is 1. The van der Waals surface area contributed by atoms with Gasteiger partial charge in [0, 0.05) is 46.4 Å². The van der Waals surface area contributed by atoms with Crippen LogP contribution in [0.3, 0.4) is 0 Å². The summed E-state index contributed by atoms with van der Waals surface area (Å²) in [6.07, 6.45) is 5.72. The quantitative estimate of drug-likeness (QED) is 0.535. The number of fused-ring (bicyclic) bond motifs is 1. The van der Waals surface area contributed by atoms with Crippen LogP contribution in [0.1, 0.15) is 48.3 Å². The van der Waals surface area contributed by atoms with Gasteiger partial charge in [-0.2, -0.15) is 0 Å². The fourth-order valence-corrected chi connectivity index (χ4v) is 5.31. The minimum atomic E-state index is -0.557. The van der Waals surface area contributed by atoms with Crippen molar-refractivity contribution in [3.63, 3.8) is 0 Å². The van der Waals surface area contributed by atoms with Crippen LogP contribution in [0.2, 0.25) is 10.0 Å². The molecule has 0 aliphatic carbocycles. The number of halogens is 2. The molecule has 0 spiro atoms. The zero-order valence-corrected chi connectivity index (χ0v) is 20.1. The number of likely N-dealkylation sites (tertiary alicyclic amines) is 1. The maximum Gasteiger partial charge on any atom is 0.254 e. The summed E-state index contributed by atoms with van der Waals surface area (Å²) in [5, 5.41) is 12.6. The second-order valence-corrected chi connectivity index (χ2v) is 9.66. The highest BCUT2D eigenvalue weighted by molar-refractivity contribution is 6.35. The number of nitrogens with one attached hydrogen (secondary N) is 1. The first-order valence-electron chi connectivity index (χ1n) is 11.6. The molecule has 5 rings (SSSR count). The van der Waals surface area contributed by atoms with E-state index in [1.807, 2.05) is 24.3 Å². The first-order valence-corrected chi connectivity index (χ1v) is 12.4. The lowest BCUT2D eigenvalue weighted by Gasteiger charge is -2.24. The number of nitrogens with zero attached hydrogens (tertiary/aromatic N) is 4. The lowest BCUT2D eigenvalue weighted by molar-refractivity contribution is -0.119. The fourth-order valence-electron chi connectivity index (χ4n) is 4.79. The molecule has 0 saturated carbocycles. The summed E-state index contributed by atoms with van der Waals surface area (Å²) in [6, 6.07) is 11.8. The molecule has 3 heterocycles. The average molecular weight is 498 g/mol. The SMILES string of the molecule is O=C(Nc1cccc(-c2nnc3n2CCCCC3)c1)C1CCCN1C(=O)c1cc(Cl)cc(Cl)c1. The molecule has 0 radical (unpaired) electrons. The number of benzene rings is 2. The van der Waals surface area contributed by atoms with Crippen LogP contribution in [0.5, 0.6) is 0 Å². The lowest BCUT2D eigenvalue weighted by atomic mass is 10.1. The third kappa shape index (κ3) is 4.68. The molecular formula is C25H25Cl2N5O2. The van der Waals surface area contributed by atoms with Crippen LogP contribution >= 0.6 is 23.2 Å². The van der Waals surface area contributed by atoms with Crippen LogP contribution in [0.15, 0.2) is 42.5 Å². The smallest absolute Gasteiger partial charge is 0.254 e. The fraction of sp³-hybridized carbons (Fsp3) is 0.360. The summed E-state index contributed by atoms with van der Waals surface area (Å²) in [5.74, 6) is 1.38. The van der Waals surface area contributed by atoms with Gasteiger partial charge in [0.2, 0.25) is 5.91 Å². The van der Waals surface area contributed by atoms with E-state index in [9.17, 15) is 9.59 Å². The highest BCUT2D eigenvalue weighted by Gasteiger charge is 2.35. The van der Waals surface area contributed by atoms with Gasteiger partial charge in [-0.3, -0.25) is 9.59 Å². The number of aromatic nitrogens is 3. The van der Waals surface area contributed by atoms with Gasteiger partial charge >= 0.3 is 0 Å². The Hall–Kier alpha value is -2.90. The maximum atomic E-state index is 13.2. The van der Waals surface area contributed by atoms with Crippen molar-refractivity contribution < 1.29 is 9.59 Å². The van der Waals surface area contributed by atoms with Crippen molar-refractivity contribution in [1.82, 2.24) is 19.7 Å². The number of hydrogen-bond acceptors (Lipinski definition) is 4. The summed E-state index contributed by atoms with van der Waals surface area (Å²) in [7, 11) is 0. The van der Waals surface area contributed by atoms with Crippen molar-refractivity contribution in [3.05, 3.63) is 63.9 Å². The van der Waals surface area contributed by atoms with Crippen molar-refractivity contribution in [2.45, 2.75) is 51.1 Å². The van der Waals surface area contributed by atoms with Gasteiger partial charge in [0.15, 0.2) is 5.82 Å². The summed E-state index contributed by atoms with van der Waals surface area (Å²) in [4.78, 5) is 27.9. The number of hydrogen-bond donors (Lipinski definition) is 1. The van der Waals surface area contributed by atoms with Crippen LogP contribution in [0.25, 0.3) is 11.4 Å². The number of carbonyl (C=O) groups excluding carboxylic acids is 2. The van der Waals surface area contributed by atoms with Crippen LogP contribution in [0.4, 0.5) is 5.69 Å². The van der Waals surface area contributed by atoms with Crippen molar-refractivity contribution in [1.29, 1.82) is 0 Å². The lowest BCUT2D eigenvalue weighted by Crippen LogP contribution is -2.43. The van der Waals surface area contributed by atoms with E-state index in [2.05, 4.69) is 20.1 Å². The first-order chi connectivity index (χ1) is 16.5. The normalized spacial score (nSPS) is 17.8. The number of aryl methyl sites for hydroxylation is 1. The number of amides is 2. The standard InChI is InChI=1S/C25H25Cl2N5O2/c26-18-12-17(13-19(27)15-18)25(34)31-11-5-8-21(31)24(33)28-20-7-4-6-16(14-20)23-30-29-22-9-2-1-3-10-32(22)23/h4,6-7,12-15,21H,1-3,5,8-11H2,(H,28,33). The molecule has 9 heteroatoms. The topological polar surface area (TPSA) is 80.1 Å². The van der Waals surface area contributed by atoms with Crippen LogP contribution in [-0.2, 0) is 17.8 Å². The summed E-state index contributed by atoms with van der Waals surface area (Å²) in [6.45, 7) is 1.41. The van der Waals surface area contributed by atoms with E-state index < -0.39 is 6.04 Å². The Kier molecular flexibility index (Phi) is 6.57. The second kappa shape index (κ2) is 9.76. The van der Waals surface area contributed by atoms with Gasteiger partial charge in [-0.1, -0.05) is 41.8 Å². The first kappa shape index (κ1) is 22.9. The third-order valence-electron chi connectivity index (χ3n) is 6.42. The number of carbonyl (C=O) groups is 2. The second-order valence-electron chi connectivity index (χ2n) is 8.79. The largest absolute Gasteiger partial charge is 0.327 e. The van der Waals surface area contributed by atoms with E-state index in [0.29, 0.717) is 34.3 Å². The van der Waals surface area contributed by atoms with Crippen molar-refractivity contribution in [3.8, 4) is 11.4 Å². The van der Waals surface area contributed by atoms with Gasteiger partial charge in [0.05, 0.1) is 0 Å². The Morgan fingerprint density at radius 1 is 0.941 bits per heavy atom. The molecule has 7 nitrogen and oxygen atoms in total. The molecule has 2 aliphatic heterocycles. The minimum Gasteiger partial charge on any atom is -0.327 e. The molecule has 34 heavy (non-hydrogen) atoms. The monoisotopic (exact) mass is 497 g/mol. The van der Waals surface area contributed by atoms with Crippen LogP contribution < -0.4 is 5.32 Å². The van der Waals surface area contributed by atoms with Gasteiger partial charge in [-0.15, -0.1) is 10.2 Å². The maximum absolute atomic E-state index is 13.2. The molecule has 1 atom stereocenters. The molecule has 2 amide bonds. The van der Waals surface area contributed by atoms with Gasteiger partial charge in [0.25, 0.3) is 5.91 Å². The van der Waals surface area contributed by atoms with Gasteiger partial charge in [-0.25, -0.2) is 0 Å². The molecule has 1 fully saturated rings. The highest BCUT2D eigenvalue weighted by Crippen LogP contribution is 2.27. The molecular weight excluding hydrogens is 473 g/mol. The predicted molar refractivity (Wildman–Crippen MR) is 132 cm³/mol. The zero-order valence-electron chi connectivity index (χ0n) is 18.6. The van der Waals surface area contributed by atoms with Crippen molar-refractivity contribution in [2.24, 2.45) is 0 Å². The molecule has 1 aromatic heterocycles. The molecule has 0 bridgehead atoms. The Balaban J connectivity index is 1.33. The number of rotatable bonds is 4. The summed E-state index contributed by atoms with van der Waals surface area (Å²) >= 11 is 12.1. The molecule has 2 aromatic carbocycles. The van der Waals surface area contributed by atoms with Crippen LogP contribution in [-0.4, -0.2) is 44.1 Å². The molecule has 3 aromatic rings. The highest BCUT2D eigenvalue weighted by atomic mass is 35.5. The third-order valence-corrected chi connectivity index (χ3v) is 6.86. The molecule has 1 unspecified atom stereocenters. The van der Waals surface area contributed by atoms with E-state index >= 15 is 0 Å². The molecule has 1 N–H and O–H groups in total. The summed E-state index contributed by atoms with van der Waals surface area (Å²) in [5.41, 5.74) is 1.96. The molecule has 2 aliphatic rings. The summed E-state index contributed by atoms with van der Waals surface area (Å²) < 4.78 is 2.18. The Bertz CT molecular complexity index is 1220. The van der Waals surface area contributed by atoms with E-state index in [1.54, 1.807) is 23.1 Å². The van der Waals surface area contributed by atoms with E-state index in [0.717, 1.165) is 49.4 Å². The predicted octanol–water partition coefficient (Wildman–Crippen LogP) is 5.22. The van der Waals surface area contributed by atoms with E-state index in [1.165, 1.54) is 6.42 Å². The van der Waals surface area contributed by atoms with Crippen LogP contribution in [0, 0.1) is 0 Å². The van der Waals surface area contributed by atoms with Crippen molar-refractivity contribution in [2.75, 3.05) is 11.9 Å². The Morgan fingerprint density at radius 3 is 2.59 bits per heavy atom. The molecule has 1 saturated heterocycles.